The van der Waals surface area contributed by atoms with Crippen molar-refractivity contribution in [3.63, 3.8) is 0 Å². The van der Waals surface area contributed by atoms with Crippen LogP contribution in [0.25, 0.3) is 0 Å². The highest BCUT2D eigenvalue weighted by molar-refractivity contribution is 5.90. The van der Waals surface area contributed by atoms with Crippen molar-refractivity contribution in [3.8, 4) is 0 Å². The Hall–Kier alpha value is -2.05. The number of carboxylic acids is 1. The van der Waals surface area contributed by atoms with E-state index in [4.69, 9.17) is 5.11 Å². The van der Waals surface area contributed by atoms with Gasteiger partial charge in [0.05, 0.1) is 6.10 Å². The minimum absolute atomic E-state index is 0.338. The molecule has 1 N–H and O–H groups in total. The number of carbonyl (C=O) groups excluding carboxylic acids is 2. The van der Waals surface area contributed by atoms with Crippen LogP contribution in [0.2, 0.25) is 0 Å². The van der Waals surface area contributed by atoms with E-state index in [1.807, 2.05) is 0 Å². The third-order valence-electron chi connectivity index (χ3n) is 1.07. The van der Waals surface area contributed by atoms with Crippen LogP contribution < -0.4 is 0 Å². The standard InChI is InChI=1S/C9H12O7/c1-6(2)16-9(13)15-5-14-8(12)4-3-7(10)11/h3-4,6H,5H2,1-2H3,(H,10,11)/b4-3+. The van der Waals surface area contributed by atoms with Crippen molar-refractivity contribution in [3.05, 3.63) is 12.2 Å². The molecule has 90 valence electrons. The van der Waals surface area contributed by atoms with Crippen LogP contribution in [0.5, 0.6) is 0 Å². The molecule has 0 atom stereocenters. The van der Waals surface area contributed by atoms with Gasteiger partial charge in [-0.3, -0.25) is 0 Å². The fourth-order valence-electron chi connectivity index (χ4n) is 0.550. The van der Waals surface area contributed by atoms with E-state index in [1.54, 1.807) is 13.8 Å². The molecule has 0 aromatic rings. The Morgan fingerprint density at radius 2 is 1.81 bits per heavy atom. The summed E-state index contributed by atoms with van der Waals surface area (Å²) in [5, 5.41) is 8.18. The van der Waals surface area contributed by atoms with Crippen LogP contribution in [0, 0.1) is 0 Å². The average Bonchev–Trinajstić information content (AvgIpc) is 2.13. The Labute approximate surface area is 91.6 Å². The summed E-state index contributed by atoms with van der Waals surface area (Å²) in [7, 11) is 0. The topological polar surface area (TPSA) is 99.1 Å². The monoisotopic (exact) mass is 232 g/mol. The number of carboxylic acid groups (broad SMARTS) is 1. The molecule has 0 saturated carbocycles. The number of carbonyl (C=O) groups is 3. The molecule has 0 aliphatic carbocycles. The molecule has 0 saturated heterocycles. The molecule has 7 nitrogen and oxygen atoms in total. The predicted octanol–water partition coefficient (Wildman–Crippen LogP) is 0.690. The molecule has 0 radical (unpaired) electrons. The largest absolute Gasteiger partial charge is 0.511 e. The van der Waals surface area contributed by atoms with Gasteiger partial charge in [0.2, 0.25) is 6.79 Å². The van der Waals surface area contributed by atoms with Gasteiger partial charge in [-0.15, -0.1) is 0 Å². The Balaban J connectivity index is 3.70. The van der Waals surface area contributed by atoms with E-state index in [-0.39, 0.29) is 6.10 Å². The summed E-state index contributed by atoms with van der Waals surface area (Å²) in [6, 6.07) is 0. The Bertz CT molecular complexity index is 292. The van der Waals surface area contributed by atoms with Gasteiger partial charge < -0.3 is 19.3 Å². The van der Waals surface area contributed by atoms with Crippen molar-refractivity contribution < 1.29 is 33.7 Å². The molecular weight excluding hydrogens is 220 g/mol. The van der Waals surface area contributed by atoms with E-state index in [0.29, 0.717) is 12.2 Å². The van der Waals surface area contributed by atoms with Gasteiger partial charge >= 0.3 is 18.1 Å². The van der Waals surface area contributed by atoms with Crippen molar-refractivity contribution in [2.45, 2.75) is 20.0 Å². The lowest BCUT2D eigenvalue weighted by molar-refractivity contribution is -0.148. The molecule has 0 aromatic carbocycles. The minimum Gasteiger partial charge on any atom is -0.478 e. The molecule has 0 heterocycles. The molecule has 0 unspecified atom stereocenters. The lowest BCUT2D eigenvalue weighted by Gasteiger charge is -2.07. The summed E-state index contributed by atoms with van der Waals surface area (Å²) in [5.41, 5.74) is 0. The van der Waals surface area contributed by atoms with E-state index in [1.165, 1.54) is 0 Å². The number of hydrogen-bond acceptors (Lipinski definition) is 6. The fourth-order valence-corrected chi connectivity index (χ4v) is 0.550. The summed E-state index contributed by atoms with van der Waals surface area (Å²) in [5.74, 6) is -2.21. The van der Waals surface area contributed by atoms with E-state index < -0.39 is 24.9 Å². The zero-order chi connectivity index (χ0) is 12.6. The highest BCUT2D eigenvalue weighted by atomic mass is 16.8. The smallest absolute Gasteiger partial charge is 0.478 e. The molecule has 0 aliphatic rings. The van der Waals surface area contributed by atoms with Crippen molar-refractivity contribution in [1.29, 1.82) is 0 Å². The van der Waals surface area contributed by atoms with Crippen molar-refractivity contribution >= 4 is 18.1 Å². The second-order valence-corrected chi connectivity index (χ2v) is 2.81. The van der Waals surface area contributed by atoms with E-state index >= 15 is 0 Å². The van der Waals surface area contributed by atoms with Crippen LogP contribution in [0.4, 0.5) is 4.79 Å². The zero-order valence-electron chi connectivity index (χ0n) is 8.84. The summed E-state index contributed by atoms with van der Waals surface area (Å²) < 4.78 is 13.2. The Morgan fingerprint density at radius 3 is 2.31 bits per heavy atom. The molecule has 0 spiro atoms. The number of hydrogen-bond donors (Lipinski definition) is 1. The number of ether oxygens (including phenoxy) is 3. The van der Waals surface area contributed by atoms with Gasteiger partial charge in [0.15, 0.2) is 0 Å². The lowest BCUT2D eigenvalue weighted by atomic mass is 10.5. The third-order valence-corrected chi connectivity index (χ3v) is 1.07. The van der Waals surface area contributed by atoms with Gasteiger partial charge in [-0.05, 0) is 13.8 Å². The van der Waals surface area contributed by atoms with Crippen LogP contribution in [-0.2, 0) is 23.8 Å². The SMILES string of the molecule is CC(C)OC(=O)OCOC(=O)/C=C/C(=O)O. The predicted molar refractivity (Wildman–Crippen MR) is 50.4 cm³/mol. The summed E-state index contributed by atoms with van der Waals surface area (Å²) in [4.78, 5) is 31.5. The molecule has 7 heteroatoms. The molecular formula is C9H12O7. The van der Waals surface area contributed by atoms with Gasteiger partial charge in [0, 0.05) is 12.2 Å². The molecule has 0 rings (SSSR count). The van der Waals surface area contributed by atoms with Crippen molar-refractivity contribution in [2.75, 3.05) is 6.79 Å². The first-order valence-electron chi connectivity index (χ1n) is 4.33. The number of aliphatic carboxylic acids is 1. The maximum absolute atomic E-state index is 10.8. The van der Waals surface area contributed by atoms with Gasteiger partial charge in [-0.1, -0.05) is 0 Å². The fraction of sp³-hybridized carbons (Fsp3) is 0.444. The maximum Gasteiger partial charge on any atom is 0.511 e. The number of esters is 1. The highest BCUT2D eigenvalue weighted by Gasteiger charge is 2.07. The molecule has 0 aliphatic heterocycles. The van der Waals surface area contributed by atoms with Crippen LogP contribution in [-0.4, -0.2) is 36.1 Å². The lowest BCUT2D eigenvalue weighted by Crippen LogP contribution is -2.16. The Kier molecular flexibility index (Phi) is 6.34. The minimum atomic E-state index is -1.28. The Morgan fingerprint density at radius 1 is 1.19 bits per heavy atom. The third kappa shape index (κ3) is 8.54. The second-order valence-electron chi connectivity index (χ2n) is 2.81. The van der Waals surface area contributed by atoms with Gasteiger partial charge in [-0.25, -0.2) is 14.4 Å². The van der Waals surface area contributed by atoms with Crippen LogP contribution in [0.3, 0.4) is 0 Å². The first kappa shape index (κ1) is 13.9. The first-order chi connectivity index (χ1) is 7.41. The molecule has 0 amide bonds. The second kappa shape index (κ2) is 7.27. The van der Waals surface area contributed by atoms with E-state index in [0.717, 1.165) is 0 Å². The number of rotatable bonds is 5. The first-order valence-corrected chi connectivity index (χ1v) is 4.33. The van der Waals surface area contributed by atoms with Crippen LogP contribution in [0.15, 0.2) is 12.2 Å². The molecule has 16 heavy (non-hydrogen) atoms. The molecule has 0 bridgehead atoms. The maximum atomic E-state index is 10.8. The van der Waals surface area contributed by atoms with E-state index in [9.17, 15) is 14.4 Å². The summed E-state index contributed by atoms with van der Waals surface area (Å²) >= 11 is 0. The van der Waals surface area contributed by atoms with Gasteiger partial charge in [0.1, 0.15) is 0 Å². The van der Waals surface area contributed by atoms with Gasteiger partial charge in [-0.2, -0.15) is 0 Å². The molecule has 0 fully saturated rings. The van der Waals surface area contributed by atoms with Crippen LogP contribution in [0.1, 0.15) is 13.8 Å². The van der Waals surface area contributed by atoms with Crippen LogP contribution >= 0.6 is 0 Å². The summed E-state index contributed by atoms with van der Waals surface area (Å²) in [6.07, 6.45) is -0.00560. The van der Waals surface area contributed by atoms with Gasteiger partial charge in [0.25, 0.3) is 0 Å². The highest BCUT2D eigenvalue weighted by Crippen LogP contribution is 1.93. The average molecular weight is 232 g/mol. The zero-order valence-corrected chi connectivity index (χ0v) is 8.84. The quantitative estimate of drug-likeness (QED) is 0.423. The van der Waals surface area contributed by atoms with Crippen molar-refractivity contribution in [2.24, 2.45) is 0 Å². The summed E-state index contributed by atoms with van der Waals surface area (Å²) in [6.45, 7) is 2.63. The molecule has 0 aromatic heterocycles. The van der Waals surface area contributed by atoms with Crippen molar-refractivity contribution in [1.82, 2.24) is 0 Å². The normalized spacial score (nSPS) is 10.2. The van der Waals surface area contributed by atoms with E-state index in [2.05, 4.69) is 14.2 Å².